The van der Waals surface area contributed by atoms with Crippen LogP contribution in [0.4, 0.5) is 10.1 Å². The fourth-order valence-electron chi connectivity index (χ4n) is 1.78. The van der Waals surface area contributed by atoms with Gasteiger partial charge in [-0.1, -0.05) is 15.9 Å². The molecule has 0 radical (unpaired) electrons. The van der Waals surface area contributed by atoms with E-state index in [1.807, 2.05) is 0 Å². The van der Waals surface area contributed by atoms with Crippen molar-refractivity contribution in [2.75, 3.05) is 10.8 Å². The van der Waals surface area contributed by atoms with Crippen LogP contribution in [0.2, 0.25) is 0 Å². The van der Waals surface area contributed by atoms with Crippen LogP contribution in [0.15, 0.2) is 57.9 Å². The Hall–Kier alpha value is -1.93. The molecule has 22 heavy (non-hydrogen) atoms. The van der Waals surface area contributed by atoms with Crippen molar-refractivity contribution in [3.63, 3.8) is 0 Å². The van der Waals surface area contributed by atoms with Gasteiger partial charge in [-0.3, -0.25) is 9.10 Å². The minimum atomic E-state index is -4.07. The molecule has 2 aromatic rings. The third-order valence-electron chi connectivity index (χ3n) is 2.80. The van der Waals surface area contributed by atoms with Crippen LogP contribution in [0, 0.1) is 5.82 Å². The molecule has 0 heterocycles. The summed E-state index contributed by atoms with van der Waals surface area (Å²) in [6.45, 7) is -0.760. The van der Waals surface area contributed by atoms with Gasteiger partial charge in [0.15, 0.2) is 0 Å². The Morgan fingerprint density at radius 1 is 1.09 bits per heavy atom. The number of carboxylic acid groups (broad SMARTS) is 1. The quantitative estimate of drug-likeness (QED) is 0.855. The highest BCUT2D eigenvalue weighted by molar-refractivity contribution is 9.10. The molecule has 0 saturated carbocycles. The smallest absolute Gasteiger partial charge is 0.324 e. The Labute approximate surface area is 135 Å². The molecule has 5 nitrogen and oxygen atoms in total. The molecule has 116 valence electrons. The first-order valence-electron chi connectivity index (χ1n) is 6.06. The molecule has 0 fully saturated rings. The molecule has 8 heteroatoms. The second-order valence-electron chi connectivity index (χ2n) is 4.34. The van der Waals surface area contributed by atoms with Gasteiger partial charge in [0, 0.05) is 4.47 Å². The van der Waals surface area contributed by atoms with Crippen molar-refractivity contribution in [2.45, 2.75) is 4.90 Å². The SMILES string of the molecule is O=C(O)CN(c1ccc(F)cc1)S(=O)(=O)c1ccc(Br)cc1. The third-order valence-corrected chi connectivity index (χ3v) is 5.11. The average molecular weight is 388 g/mol. The monoisotopic (exact) mass is 387 g/mol. The first-order valence-corrected chi connectivity index (χ1v) is 8.29. The average Bonchev–Trinajstić information content (AvgIpc) is 2.46. The van der Waals surface area contributed by atoms with Crippen LogP contribution in [-0.4, -0.2) is 26.0 Å². The van der Waals surface area contributed by atoms with E-state index in [4.69, 9.17) is 5.11 Å². The van der Waals surface area contributed by atoms with E-state index in [0.717, 1.165) is 16.4 Å². The van der Waals surface area contributed by atoms with Gasteiger partial charge < -0.3 is 5.11 Å². The van der Waals surface area contributed by atoms with E-state index >= 15 is 0 Å². The van der Waals surface area contributed by atoms with Crippen LogP contribution in [0.25, 0.3) is 0 Å². The molecule has 0 amide bonds. The maximum absolute atomic E-state index is 13.0. The number of halogens is 2. The fourth-order valence-corrected chi connectivity index (χ4v) is 3.46. The summed E-state index contributed by atoms with van der Waals surface area (Å²) in [5.74, 6) is -1.86. The summed E-state index contributed by atoms with van der Waals surface area (Å²) in [5.41, 5.74) is 0.0757. The lowest BCUT2D eigenvalue weighted by Gasteiger charge is -2.22. The predicted octanol–water partition coefficient (Wildman–Crippen LogP) is 2.87. The molecule has 2 aromatic carbocycles. The maximum Gasteiger partial charge on any atom is 0.324 e. The molecule has 0 aliphatic carbocycles. The van der Waals surface area contributed by atoms with Crippen molar-refractivity contribution in [1.82, 2.24) is 0 Å². The van der Waals surface area contributed by atoms with Crippen LogP contribution in [-0.2, 0) is 14.8 Å². The second kappa shape index (κ2) is 6.45. The van der Waals surface area contributed by atoms with Gasteiger partial charge in [0.05, 0.1) is 10.6 Å². The van der Waals surface area contributed by atoms with Gasteiger partial charge >= 0.3 is 5.97 Å². The zero-order valence-corrected chi connectivity index (χ0v) is 13.5. The van der Waals surface area contributed by atoms with E-state index in [1.165, 1.54) is 36.4 Å². The number of nitrogens with zero attached hydrogens (tertiary/aromatic N) is 1. The normalized spacial score (nSPS) is 11.2. The molecule has 0 bridgehead atoms. The summed E-state index contributed by atoms with van der Waals surface area (Å²) in [6, 6.07) is 10.4. The lowest BCUT2D eigenvalue weighted by molar-refractivity contribution is -0.135. The van der Waals surface area contributed by atoms with Crippen molar-refractivity contribution in [3.8, 4) is 0 Å². The molecule has 0 atom stereocenters. The number of carboxylic acids is 1. The van der Waals surface area contributed by atoms with Crippen LogP contribution >= 0.6 is 15.9 Å². The summed E-state index contributed by atoms with van der Waals surface area (Å²) in [6.07, 6.45) is 0. The number of hydrogen-bond donors (Lipinski definition) is 1. The van der Waals surface area contributed by atoms with E-state index in [2.05, 4.69) is 15.9 Å². The molecule has 0 aliphatic rings. The highest BCUT2D eigenvalue weighted by atomic mass is 79.9. The molecule has 0 spiro atoms. The van der Waals surface area contributed by atoms with Crippen LogP contribution in [0.3, 0.4) is 0 Å². The Kier molecular flexibility index (Phi) is 4.82. The van der Waals surface area contributed by atoms with Gasteiger partial charge in [0.1, 0.15) is 12.4 Å². The van der Waals surface area contributed by atoms with Crippen LogP contribution < -0.4 is 4.31 Å². The summed E-state index contributed by atoms with van der Waals surface area (Å²) >= 11 is 3.20. The second-order valence-corrected chi connectivity index (χ2v) is 7.11. The number of aliphatic carboxylic acids is 1. The van der Waals surface area contributed by atoms with E-state index < -0.39 is 28.4 Å². The summed E-state index contributed by atoms with van der Waals surface area (Å²) in [5, 5.41) is 8.97. The lowest BCUT2D eigenvalue weighted by atomic mass is 10.3. The zero-order chi connectivity index (χ0) is 16.3. The first-order chi connectivity index (χ1) is 10.3. The molecule has 0 saturated heterocycles. The molecular formula is C14H11BrFNO4S. The fraction of sp³-hybridized carbons (Fsp3) is 0.0714. The van der Waals surface area contributed by atoms with E-state index in [1.54, 1.807) is 0 Å². The number of benzene rings is 2. The minimum absolute atomic E-state index is 0.0544. The molecule has 0 unspecified atom stereocenters. The summed E-state index contributed by atoms with van der Waals surface area (Å²) in [7, 11) is -4.07. The number of rotatable bonds is 5. The van der Waals surface area contributed by atoms with Crippen molar-refractivity contribution in [3.05, 3.63) is 58.8 Å². The molecular weight excluding hydrogens is 377 g/mol. The number of sulfonamides is 1. The Morgan fingerprint density at radius 2 is 1.64 bits per heavy atom. The van der Waals surface area contributed by atoms with E-state index in [9.17, 15) is 17.6 Å². The predicted molar refractivity (Wildman–Crippen MR) is 82.7 cm³/mol. The summed E-state index contributed by atoms with van der Waals surface area (Å²) in [4.78, 5) is 10.9. The molecule has 0 aliphatic heterocycles. The van der Waals surface area contributed by atoms with Gasteiger partial charge in [-0.2, -0.15) is 0 Å². The molecule has 1 N–H and O–H groups in total. The standard InChI is InChI=1S/C14H11BrFNO4S/c15-10-1-7-13(8-2-10)22(20,21)17(9-14(18)19)12-5-3-11(16)4-6-12/h1-8H,9H2,(H,18,19). The Balaban J connectivity index is 2.50. The third kappa shape index (κ3) is 3.63. The van der Waals surface area contributed by atoms with Gasteiger partial charge in [0.25, 0.3) is 10.0 Å². The molecule has 0 aromatic heterocycles. The maximum atomic E-state index is 13.0. The zero-order valence-electron chi connectivity index (χ0n) is 11.1. The van der Waals surface area contributed by atoms with Gasteiger partial charge in [-0.25, -0.2) is 12.8 Å². The lowest BCUT2D eigenvalue weighted by Crippen LogP contribution is -2.35. The number of carbonyl (C=O) groups is 1. The summed E-state index contributed by atoms with van der Waals surface area (Å²) < 4.78 is 39.6. The van der Waals surface area contributed by atoms with Gasteiger partial charge in [-0.05, 0) is 48.5 Å². The van der Waals surface area contributed by atoms with Crippen LogP contribution in [0.1, 0.15) is 0 Å². The van der Waals surface area contributed by atoms with E-state index in [0.29, 0.717) is 4.47 Å². The molecule has 2 rings (SSSR count). The Morgan fingerprint density at radius 3 is 2.14 bits per heavy atom. The van der Waals surface area contributed by atoms with E-state index in [-0.39, 0.29) is 10.6 Å². The minimum Gasteiger partial charge on any atom is -0.480 e. The highest BCUT2D eigenvalue weighted by Crippen LogP contribution is 2.24. The van der Waals surface area contributed by atoms with Crippen molar-refractivity contribution < 1.29 is 22.7 Å². The van der Waals surface area contributed by atoms with Crippen LogP contribution in [0.5, 0.6) is 0 Å². The van der Waals surface area contributed by atoms with Crippen molar-refractivity contribution in [2.24, 2.45) is 0 Å². The van der Waals surface area contributed by atoms with Gasteiger partial charge in [0.2, 0.25) is 0 Å². The van der Waals surface area contributed by atoms with Gasteiger partial charge in [-0.15, -0.1) is 0 Å². The highest BCUT2D eigenvalue weighted by Gasteiger charge is 2.27. The van der Waals surface area contributed by atoms with Crippen molar-refractivity contribution >= 4 is 37.6 Å². The topological polar surface area (TPSA) is 74.7 Å². The Bertz CT molecular complexity index is 775. The largest absolute Gasteiger partial charge is 0.480 e. The number of anilines is 1. The first kappa shape index (κ1) is 16.4. The number of hydrogen-bond acceptors (Lipinski definition) is 3. The van der Waals surface area contributed by atoms with Crippen molar-refractivity contribution in [1.29, 1.82) is 0 Å².